The van der Waals surface area contributed by atoms with Gasteiger partial charge in [0, 0.05) is 37.1 Å². The molecule has 26 heavy (non-hydrogen) atoms. The van der Waals surface area contributed by atoms with Gasteiger partial charge in [0.25, 0.3) is 5.91 Å². The first-order chi connectivity index (χ1) is 12.6. The summed E-state index contributed by atoms with van der Waals surface area (Å²) in [5.41, 5.74) is 1.45. The van der Waals surface area contributed by atoms with Gasteiger partial charge in [-0.1, -0.05) is 36.4 Å². The summed E-state index contributed by atoms with van der Waals surface area (Å²) in [7, 11) is -3.51. The zero-order valence-electron chi connectivity index (χ0n) is 14.1. The fraction of sp³-hybridized carbons (Fsp3) is 0.211. The molecule has 1 aromatic heterocycles. The molecule has 6 nitrogen and oxygen atoms in total. The smallest absolute Gasteiger partial charge is 0.270 e. The van der Waals surface area contributed by atoms with E-state index in [-0.39, 0.29) is 10.8 Å². The van der Waals surface area contributed by atoms with Crippen molar-refractivity contribution < 1.29 is 13.2 Å². The minimum atomic E-state index is -3.51. The van der Waals surface area contributed by atoms with Crippen molar-refractivity contribution in [2.75, 3.05) is 26.2 Å². The average Bonchev–Trinajstić information content (AvgIpc) is 3.12. The maximum atomic E-state index is 12.7. The first-order valence-electron chi connectivity index (χ1n) is 8.48. The molecule has 0 spiro atoms. The molecule has 0 atom stereocenters. The van der Waals surface area contributed by atoms with Crippen LogP contribution in [0, 0.1) is 0 Å². The number of nitrogens with one attached hydrogen (secondary N) is 1. The van der Waals surface area contributed by atoms with E-state index in [1.807, 2.05) is 30.3 Å². The Morgan fingerprint density at radius 3 is 2.23 bits per heavy atom. The van der Waals surface area contributed by atoms with Gasteiger partial charge in [-0.25, -0.2) is 8.42 Å². The van der Waals surface area contributed by atoms with Gasteiger partial charge in [0.05, 0.1) is 4.90 Å². The lowest BCUT2D eigenvalue weighted by atomic mass is 10.2. The maximum Gasteiger partial charge on any atom is 0.270 e. The number of benzene rings is 2. The number of carbonyl (C=O) groups is 1. The monoisotopic (exact) mass is 369 g/mol. The van der Waals surface area contributed by atoms with Crippen LogP contribution in [0.3, 0.4) is 0 Å². The fourth-order valence-corrected chi connectivity index (χ4v) is 4.68. The summed E-state index contributed by atoms with van der Waals surface area (Å²) in [5, 5.41) is 0.987. The lowest BCUT2D eigenvalue weighted by Gasteiger charge is -2.33. The fourth-order valence-electron chi connectivity index (χ4n) is 3.23. The molecule has 1 aliphatic heterocycles. The average molecular weight is 369 g/mol. The quantitative estimate of drug-likeness (QED) is 0.770. The van der Waals surface area contributed by atoms with Gasteiger partial charge < -0.3 is 9.88 Å². The molecule has 1 N–H and O–H groups in total. The molecule has 1 amide bonds. The van der Waals surface area contributed by atoms with Crippen molar-refractivity contribution in [1.82, 2.24) is 14.2 Å². The van der Waals surface area contributed by atoms with Crippen LogP contribution in [0.4, 0.5) is 0 Å². The number of carbonyl (C=O) groups excluding carboxylic acids is 1. The lowest BCUT2D eigenvalue weighted by Crippen LogP contribution is -2.50. The maximum absolute atomic E-state index is 12.7. The third-order valence-corrected chi connectivity index (χ3v) is 6.58. The summed E-state index contributed by atoms with van der Waals surface area (Å²) >= 11 is 0. The normalized spacial score (nSPS) is 16.1. The Bertz CT molecular complexity index is 1000. The van der Waals surface area contributed by atoms with Crippen LogP contribution >= 0.6 is 0 Å². The van der Waals surface area contributed by atoms with E-state index in [2.05, 4.69) is 4.98 Å². The van der Waals surface area contributed by atoms with E-state index >= 15 is 0 Å². The Morgan fingerprint density at radius 1 is 0.885 bits per heavy atom. The number of nitrogens with zero attached hydrogens (tertiary/aromatic N) is 2. The molecule has 3 aromatic rings. The number of fused-ring (bicyclic) bond motifs is 1. The predicted octanol–water partition coefficient (Wildman–Crippen LogP) is 2.31. The van der Waals surface area contributed by atoms with Gasteiger partial charge >= 0.3 is 0 Å². The highest BCUT2D eigenvalue weighted by atomic mass is 32.2. The highest BCUT2D eigenvalue weighted by Crippen LogP contribution is 2.20. The Morgan fingerprint density at radius 2 is 1.54 bits per heavy atom. The van der Waals surface area contributed by atoms with Gasteiger partial charge in [-0.2, -0.15) is 4.31 Å². The van der Waals surface area contributed by atoms with E-state index in [1.54, 1.807) is 35.2 Å². The zero-order chi connectivity index (χ0) is 18.1. The second-order valence-corrected chi connectivity index (χ2v) is 8.22. The van der Waals surface area contributed by atoms with Crippen LogP contribution in [0.25, 0.3) is 10.9 Å². The highest BCUT2D eigenvalue weighted by Gasteiger charge is 2.30. The summed E-state index contributed by atoms with van der Waals surface area (Å²) in [6.07, 6.45) is 0. The van der Waals surface area contributed by atoms with Gasteiger partial charge in [0.2, 0.25) is 10.0 Å². The number of H-pyrrole nitrogens is 1. The van der Waals surface area contributed by atoms with Crippen LogP contribution in [0.15, 0.2) is 65.6 Å². The predicted molar refractivity (Wildman–Crippen MR) is 99.4 cm³/mol. The number of rotatable bonds is 3. The van der Waals surface area contributed by atoms with E-state index in [0.29, 0.717) is 31.9 Å². The van der Waals surface area contributed by atoms with Crippen molar-refractivity contribution in [2.24, 2.45) is 0 Å². The second kappa shape index (κ2) is 6.59. The van der Waals surface area contributed by atoms with Gasteiger partial charge in [-0.15, -0.1) is 0 Å². The number of amides is 1. The summed E-state index contributed by atoms with van der Waals surface area (Å²) in [6, 6.07) is 18.0. The van der Waals surface area contributed by atoms with Gasteiger partial charge in [-0.3, -0.25) is 4.79 Å². The van der Waals surface area contributed by atoms with E-state index in [4.69, 9.17) is 0 Å². The summed E-state index contributed by atoms with van der Waals surface area (Å²) in [5.74, 6) is -0.0991. The van der Waals surface area contributed by atoms with Crippen LogP contribution in [0.1, 0.15) is 10.5 Å². The SMILES string of the molecule is O=C(c1cc2ccccc2[nH]1)N1CCN(S(=O)(=O)c2ccccc2)CC1. The largest absolute Gasteiger partial charge is 0.351 e. The first-order valence-corrected chi connectivity index (χ1v) is 9.92. The van der Waals surface area contributed by atoms with Crippen LogP contribution in [-0.4, -0.2) is 54.7 Å². The number of piperazine rings is 1. The molecular formula is C19H19N3O3S. The van der Waals surface area contributed by atoms with Crippen molar-refractivity contribution in [3.8, 4) is 0 Å². The van der Waals surface area contributed by atoms with E-state index in [1.165, 1.54) is 4.31 Å². The second-order valence-electron chi connectivity index (χ2n) is 6.28. The molecule has 0 bridgehead atoms. The zero-order valence-corrected chi connectivity index (χ0v) is 14.9. The van der Waals surface area contributed by atoms with Crippen LogP contribution < -0.4 is 0 Å². The number of aromatic nitrogens is 1. The molecule has 4 rings (SSSR count). The van der Waals surface area contributed by atoms with Crippen molar-refractivity contribution in [1.29, 1.82) is 0 Å². The van der Waals surface area contributed by atoms with Crippen molar-refractivity contribution >= 4 is 26.8 Å². The minimum Gasteiger partial charge on any atom is -0.351 e. The molecule has 0 saturated carbocycles. The molecule has 1 saturated heterocycles. The summed E-state index contributed by atoms with van der Waals surface area (Å²) in [4.78, 5) is 17.8. The topological polar surface area (TPSA) is 73.5 Å². The highest BCUT2D eigenvalue weighted by molar-refractivity contribution is 7.89. The van der Waals surface area contributed by atoms with Gasteiger partial charge in [0.1, 0.15) is 5.69 Å². The van der Waals surface area contributed by atoms with E-state index in [9.17, 15) is 13.2 Å². The Balaban J connectivity index is 1.47. The van der Waals surface area contributed by atoms with E-state index in [0.717, 1.165) is 10.9 Å². The standard InChI is InChI=1S/C19H19N3O3S/c23-19(18-14-15-6-4-5-9-17(15)20-18)21-10-12-22(13-11-21)26(24,25)16-7-2-1-3-8-16/h1-9,14,20H,10-13H2. The van der Waals surface area contributed by atoms with Crippen LogP contribution in [0.5, 0.6) is 0 Å². The Labute approximate surface area is 152 Å². The molecule has 134 valence electrons. The van der Waals surface area contributed by atoms with Crippen molar-refractivity contribution in [3.63, 3.8) is 0 Å². The molecule has 2 aromatic carbocycles. The third kappa shape index (κ3) is 3.00. The molecule has 0 radical (unpaired) electrons. The van der Waals surface area contributed by atoms with Gasteiger partial charge in [-0.05, 0) is 24.3 Å². The summed E-state index contributed by atoms with van der Waals surface area (Å²) in [6.45, 7) is 1.34. The third-order valence-electron chi connectivity index (χ3n) is 4.67. The molecule has 0 unspecified atom stereocenters. The number of para-hydroxylation sites is 1. The Hall–Kier alpha value is -2.64. The van der Waals surface area contributed by atoms with Gasteiger partial charge in [0.15, 0.2) is 0 Å². The number of hydrogen-bond acceptors (Lipinski definition) is 3. The van der Waals surface area contributed by atoms with Crippen LogP contribution in [-0.2, 0) is 10.0 Å². The minimum absolute atomic E-state index is 0.0991. The molecule has 7 heteroatoms. The van der Waals surface area contributed by atoms with Crippen LogP contribution in [0.2, 0.25) is 0 Å². The van der Waals surface area contributed by atoms with Crippen molar-refractivity contribution in [3.05, 3.63) is 66.4 Å². The van der Waals surface area contributed by atoms with Crippen molar-refractivity contribution in [2.45, 2.75) is 4.90 Å². The number of hydrogen-bond donors (Lipinski definition) is 1. The molecular weight excluding hydrogens is 350 g/mol. The first kappa shape index (κ1) is 16.8. The van der Waals surface area contributed by atoms with E-state index < -0.39 is 10.0 Å². The molecule has 2 heterocycles. The Kier molecular flexibility index (Phi) is 4.26. The number of aromatic amines is 1. The summed E-state index contributed by atoms with van der Waals surface area (Å²) < 4.78 is 26.8. The molecule has 0 aliphatic carbocycles. The molecule has 1 aliphatic rings. The number of sulfonamides is 1. The molecule has 1 fully saturated rings. The lowest BCUT2D eigenvalue weighted by molar-refractivity contribution is 0.0693.